The SMILES string of the molecule is Cc1ccccc1S(=O)(=O)Nc1ccc(N2CCN(C3CCCCC3)CC2)cc1C(=O)O.O=C(O)C(F)(F)F. The number of carboxylic acids is 2. The van der Waals surface area contributed by atoms with Crippen molar-refractivity contribution in [2.45, 2.75) is 56.1 Å². The third kappa shape index (κ3) is 8.09. The summed E-state index contributed by atoms with van der Waals surface area (Å²) in [6, 6.07) is 12.3. The van der Waals surface area contributed by atoms with Crippen LogP contribution in [0.3, 0.4) is 0 Å². The lowest BCUT2D eigenvalue weighted by molar-refractivity contribution is -0.192. The predicted molar refractivity (Wildman–Crippen MR) is 140 cm³/mol. The molecule has 1 saturated heterocycles. The number of sulfonamides is 1. The van der Waals surface area contributed by atoms with Gasteiger partial charge in [0.05, 0.1) is 16.1 Å². The molecule has 2 fully saturated rings. The Hall–Kier alpha value is -3.32. The highest BCUT2D eigenvalue weighted by atomic mass is 32.2. The first-order chi connectivity index (χ1) is 18.3. The van der Waals surface area contributed by atoms with Crippen LogP contribution in [0, 0.1) is 6.92 Å². The fourth-order valence-corrected chi connectivity index (χ4v) is 6.17. The van der Waals surface area contributed by atoms with Crippen molar-refractivity contribution in [3.05, 3.63) is 53.6 Å². The Bertz CT molecular complexity index is 1270. The molecule has 0 radical (unpaired) electrons. The maximum absolute atomic E-state index is 12.9. The van der Waals surface area contributed by atoms with Crippen molar-refractivity contribution >= 4 is 33.3 Å². The summed E-state index contributed by atoms with van der Waals surface area (Å²) < 4.78 is 59.9. The van der Waals surface area contributed by atoms with Gasteiger partial charge in [-0.2, -0.15) is 13.2 Å². The van der Waals surface area contributed by atoms with E-state index in [0.717, 1.165) is 31.9 Å². The number of piperazine rings is 1. The zero-order valence-corrected chi connectivity index (χ0v) is 22.3. The number of nitrogens with zero attached hydrogens (tertiary/aromatic N) is 2. The van der Waals surface area contributed by atoms with Crippen molar-refractivity contribution in [1.82, 2.24) is 4.90 Å². The molecule has 1 aliphatic carbocycles. The lowest BCUT2D eigenvalue weighted by Gasteiger charge is -2.41. The quantitative estimate of drug-likeness (QED) is 0.460. The molecule has 0 bridgehead atoms. The van der Waals surface area contributed by atoms with Crippen molar-refractivity contribution in [2.24, 2.45) is 0 Å². The molecule has 0 unspecified atom stereocenters. The highest BCUT2D eigenvalue weighted by molar-refractivity contribution is 7.92. The first-order valence-corrected chi connectivity index (χ1v) is 14.0. The molecule has 2 aromatic rings. The van der Waals surface area contributed by atoms with E-state index in [1.807, 2.05) is 0 Å². The predicted octanol–water partition coefficient (Wildman–Crippen LogP) is 4.58. The van der Waals surface area contributed by atoms with Gasteiger partial charge >= 0.3 is 18.1 Å². The maximum Gasteiger partial charge on any atom is 0.490 e. The molecule has 3 N–H and O–H groups in total. The van der Waals surface area contributed by atoms with Gasteiger partial charge in [-0.25, -0.2) is 18.0 Å². The summed E-state index contributed by atoms with van der Waals surface area (Å²) in [5.41, 5.74) is 1.44. The average molecular weight is 572 g/mol. The van der Waals surface area contributed by atoms with Gasteiger partial charge in [0, 0.05) is 37.9 Å². The number of halogens is 3. The Kier molecular flexibility index (Phi) is 9.83. The largest absolute Gasteiger partial charge is 0.490 e. The number of carbonyl (C=O) groups is 2. The van der Waals surface area contributed by atoms with Crippen molar-refractivity contribution in [3.63, 3.8) is 0 Å². The van der Waals surface area contributed by atoms with Gasteiger partial charge in [0.25, 0.3) is 10.0 Å². The second-order valence-corrected chi connectivity index (χ2v) is 11.2. The molecule has 0 spiro atoms. The number of aliphatic carboxylic acids is 1. The van der Waals surface area contributed by atoms with Crippen LogP contribution >= 0.6 is 0 Å². The van der Waals surface area contributed by atoms with E-state index in [4.69, 9.17) is 9.90 Å². The second-order valence-electron chi connectivity index (χ2n) is 9.52. The minimum absolute atomic E-state index is 0.0469. The summed E-state index contributed by atoms with van der Waals surface area (Å²) in [4.78, 5) is 25.7. The normalized spacial score (nSPS) is 17.2. The Labute approximate surface area is 225 Å². The first kappa shape index (κ1) is 30.2. The average Bonchev–Trinajstić information content (AvgIpc) is 2.89. The van der Waals surface area contributed by atoms with Crippen LogP contribution in [-0.2, 0) is 14.8 Å². The summed E-state index contributed by atoms with van der Waals surface area (Å²) in [5, 5.41) is 16.9. The van der Waals surface area contributed by atoms with E-state index in [9.17, 15) is 31.5 Å². The number of aromatic carboxylic acids is 1. The molecule has 1 aliphatic heterocycles. The fraction of sp³-hybridized carbons (Fsp3) is 0.462. The van der Waals surface area contributed by atoms with Crippen molar-refractivity contribution in [2.75, 3.05) is 35.8 Å². The number of hydrogen-bond acceptors (Lipinski definition) is 6. The Balaban J connectivity index is 0.000000532. The van der Waals surface area contributed by atoms with Gasteiger partial charge in [-0.1, -0.05) is 37.5 Å². The van der Waals surface area contributed by atoms with Gasteiger partial charge in [-0.05, 0) is 49.6 Å². The summed E-state index contributed by atoms with van der Waals surface area (Å²) in [6.45, 7) is 5.32. The van der Waals surface area contributed by atoms with Crippen LogP contribution in [0.5, 0.6) is 0 Å². The summed E-state index contributed by atoms with van der Waals surface area (Å²) in [6.07, 6.45) is 1.44. The highest BCUT2D eigenvalue weighted by Gasteiger charge is 2.38. The van der Waals surface area contributed by atoms with Gasteiger partial charge in [-0.3, -0.25) is 9.62 Å². The van der Waals surface area contributed by atoms with E-state index < -0.39 is 28.1 Å². The number of anilines is 2. The van der Waals surface area contributed by atoms with E-state index in [2.05, 4.69) is 14.5 Å². The third-order valence-electron chi connectivity index (χ3n) is 6.87. The number of nitrogens with one attached hydrogen (secondary N) is 1. The number of rotatable bonds is 6. The minimum atomic E-state index is -5.08. The molecule has 0 amide bonds. The van der Waals surface area contributed by atoms with E-state index in [0.29, 0.717) is 11.6 Å². The molecular formula is C26H32F3N3O6S. The van der Waals surface area contributed by atoms with Gasteiger partial charge in [0.1, 0.15) is 0 Å². The number of aryl methyl sites for hydroxylation is 1. The smallest absolute Gasteiger partial charge is 0.478 e. The monoisotopic (exact) mass is 571 g/mol. The van der Waals surface area contributed by atoms with E-state index in [-0.39, 0.29) is 16.1 Å². The lowest BCUT2D eigenvalue weighted by atomic mass is 9.94. The van der Waals surface area contributed by atoms with Crippen LogP contribution in [-0.4, -0.2) is 73.9 Å². The number of hydrogen-bond donors (Lipinski definition) is 3. The zero-order chi connectivity index (χ0) is 28.8. The lowest BCUT2D eigenvalue weighted by Crippen LogP contribution is -2.50. The molecule has 0 aromatic heterocycles. The molecule has 39 heavy (non-hydrogen) atoms. The highest BCUT2D eigenvalue weighted by Crippen LogP contribution is 2.29. The van der Waals surface area contributed by atoms with Gasteiger partial charge in [0.2, 0.25) is 0 Å². The van der Waals surface area contributed by atoms with Crippen LogP contribution in [0.1, 0.15) is 48.0 Å². The molecule has 2 aliphatic rings. The number of carboxylic acid groups (broad SMARTS) is 2. The fourth-order valence-electron chi connectivity index (χ4n) is 4.84. The van der Waals surface area contributed by atoms with Crippen molar-refractivity contribution < 1.29 is 41.4 Å². The van der Waals surface area contributed by atoms with Crippen LogP contribution in [0.4, 0.5) is 24.5 Å². The van der Waals surface area contributed by atoms with Gasteiger partial charge < -0.3 is 15.1 Å². The Morgan fingerprint density at radius 2 is 1.54 bits per heavy atom. The van der Waals surface area contributed by atoms with Crippen molar-refractivity contribution in [1.29, 1.82) is 0 Å². The summed E-state index contributed by atoms with van der Waals surface area (Å²) >= 11 is 0. The molecule has 214 valence electrons. The molecule has 0 atom stereocenters. The summed E-state index contributed by atoms with van der Waals surface area (Å²) in [5.74, 6) is -3.91. The number of benzene rings is 2. The molecule has 13 heteroatoms. The Morgan fingerprint density at radius 3 is 2.08 bits per heavy atom. The molecule has 9 nitrogen and oxygen atoms in total. The van der Waals surface area contributed by atoms with E-state index in [1.165, 1.54) is 38.2 Å². The van der Waals surface area contributed by atoms with Crippen LogP contribution in [0.25, 0.3) is 0 Å². The second kappa shape index (κ2) is 12.7. The zero-order valence-electron chi connectivity index (χ0n) is 21.4. The molecule has 4 rings (SSSR count). The van der Waals surface area contributed by atoms with Crippen LogP contribution in [0.15, 0.2) is 47.4 Å². The van der Waals surface area contributed by atoms with Crippen LogP contribution in [0.2, 0.25) is 0 Å². The minimum Gasteiger partial charge on any atom is -0.478 e. The molecule has 1 heterocycles. The van der Waals surface area contributed by atoms with E-state index >= 15 is 0 Å². The van der Waals surface area contributed by atoms with Gasteiger partial charge in [0.15, 0.2) is 0 Å². The molecule has 2 aromatic carbocycles. The van der Waals surface area contributed by atoms with Crippen molar-refractivity contribution in [3.8, 4) is 0 Å². The Morgan fingerprint density at radius 1 is 0.949 bits per heavy atom. The third-order valence-corrected chi connectivity index (χ3v) is 8.40. The van der Waals surface area contributed by atoms with E-state index in [1.54, 1.807) is 43.3 Å². The standard InChI is InChI=1S/C24H31N3O4S.C2HF3O2/c1-18-7-5-6-10-23(18)32(30,31)25-22-12-11-20(17-21(22)24(28)29)27-15-13-26(14-16-27)19-8-3-2-4-9-19;3-2(4,5)1(6)7/h5-7,10-12,17,19,25H,2-4,8-9,13-16H2,1H3,(H,28,29);(H,6,7). The molecule has 1 saturated carbocycles. The van der Waals surface area contributed by atoms with Gasteiger partial charge in [-0.15, -0.1) is 0 Å². The maximum atomic E-state index is 12.9. The molecular weight excluding hydrogens is 539 g/mol. The van der Waals surface area contributed by atoms with Crippen LogP contribution < -0.4 is 9.62 Å². The number of alkyl halides is 3. The topological polar surface area (TPSA) is 127 Å². The first-order valence-electron chi connectivity index (χ1n) is 12.5. The summed E-state index contributed by atoms with van der Waals surface area (Å²) in [7, 11) is -3.89.